The number of carbonyl (C=O) groups is 2. The highest BCUT2D eigenvalue weighted by Gasteiger charge is 2.34. The van der Waals surface area contributed by atoms with Crippen molar-refractivity contribution in [2.24, 2.45) is 0 Å². The molecule has 1 N–H and O–H groups in total. The summed E-state index contributed by atoms with van der Waals surface area (Å²) in [6.07, 6.45) is 0.597. The van der Waals surface area contributed by atoms with Crippen LogP contribution in [0.5, 0.6) is 0 Å². The molecular formula is C24H18N2O2. The Labute approximate surface area is 162 Å². The van der Waals surface area contributed by atoms with E-state index in [2.05, 4.69) is 23.2 Å². The van der Waals surface area contributed by atoms with Gasteiger partial charge in [0.1, 0.15) is 0 Å². The first-order valence-electron chi connectivity index (χ1n) is 9.34. The van der Waals surface area contributed by atoms with E-state index in [4.69, 9.17) is 0 Å². The van der Waals surface area contributed by atoms with Crippen LogP contribution in [0.4, 0.5) is 0 Å². The van der Waals surface area contributed by atoms with Crippen LogP contribution in [-0.4, -0.2) is 28.2 Å². The van der Waals surface area contributed by atoms with Crippen LogP contribution in [0, 0.1) is 0 Å². The Balaban J connectivity index is 1.51. The molecule has 0 fully saturated rings. The Morgan fingerprint density at radius 2 is 1.32 bits per heavy atom. The minimum absolute atomic E-state index is 0.207. The van der Waals surface area contributed by atoms with Crippen LogP contribution in [0.15, 0.2) is 78.9 Å². The highest BCUT2D eigenvalue weighted by molar-refractivity contribution is 6.21. The summed E-state index contributed by atoms with van der Waals surface area (Å²) in [5.74, 6) is -0.414. The first kappa shape index (κ1) is 16.5. The number of hydrogen-bond acceptors (Lipinski definition) is 2. The molecule has 0 unspecified atom stereocenters. The molecule has 0 bridgehead atoms. The first-order valence-corrected chi connectivity index (χ1v) is 9.34. The van der Waals surface area contributed by atoms with Crippen molar-refractivity contribution in [2.75, 3.05) is 6.54 Å². The predicted octanol–water partition coefficient (Wildman–Crippen LogP) is 4.67. The number of benzene rings is 3. The molecule has 1 aromatic heterocycles. The molecule has 0 atom stereocenters. The van der Waals surface area contributed by atoms with Gasteiger partial charge in [0.15, 0.2) is 0 Å². The zero-order valence-corrected chi connectivity index (χ0v) is 15.2. The average Bonchev–Trinajstić information content (AvgIpc) is 3.23. The third kappa shape index (κ3) is 2.54. The monoisotopic (exact) mass is 366 g/mol. The Morgan fingerprint density at radius 1 is 0.714 bits per heavy atom. The van der Waals surface area contributed by atoms with Crippen molar-refractivity contribution in [2.45, 2.75) is 6.42 Å². The lowest BCUT2D eigenvalue weighted by Crippen LogP contribution is -2.31. The van der Waals surface area contributed by atoms with Crippen molar-refractivity contribution in [3.05, 3.63) is 95.6 Å². The molecule has 0 aliphatic carbocycles. The SMILES string of the molecule is O=C1c2ccccc2C(=O)N1CCc1c(-c2ccccc2)[nH]c2ccccc12. The normalized spacial score (nSPS) is 13.4. The quantitative estimate of drug-likeness (QED) is 0.534. The lowest BCUT2D eigenvalue weighted by molar-refractivity contribution is 0.0656. The highest BCUT2D eigenvalue weighted by atomic mass is 16.2. The summed E-state index contributed by atoms with van der Waals surface area (Å²) >= 11 is 0. The molecule has 1 aliphatic heterocycles. The fraction of sp³-hybridized carbons (Fsp3) is 0.0833. The summed E-state index contributed by atoms with van der Waals surface area (Å²) in [5.41, 5.74) is 5.30. The highest BCUT2D eigenvalue weighted by Crippen LogP contribution is 2.31. The van der Waals surface area contributed by atoms with Crippen molar-refractivity contribution in [1.82, 2.24) is 9.88 Å². The number of hydrogen-bond donors (Lipinski definition) is 1. The van der Waals surface area contributed by atoms with E-state index in [0.717, 1.165) is 27.7 Å². The van der Waals surface area contributed by atoms with Crippen LogP contribution < -0.4 is 0 Å². The topological polar surface area (TPSA) is 53.2 Å². The van der Waals surface area contributed by atoms with Gasteiger partial charge in [-0.3, -0.25) is 14.5 Å². The Hall–Kier alpha value is -3.66. The molecule has 2 heterocycles. The molecule has 3 aromatic carbocycles. The number of amides is 2. The lowest BCUT2D eigenvalue weighted by Gasteiger charge is -2.14. The molecule has 4 nitrogen and oxygen atoms in total. The molecule has 4 aromatic rings. The smallest absolute Gasteiger partial charge is 0.261 e. The number of nitrogens with one attached hydrogen (secondary N) is 1. The molecule has 0 saturated carbocycles. The Kier molecular flexibility index (Phi) is 3.83. The Bertz CT molecular complexity index is 1170. The molecular weight excluding hydrogens is 348 g/mol. The van der Waals surface area contributed by atoms with Crippen molar-refractivity contribution in [3.8, 4) is 11.3 Å². The van der Waals surface area contributed by atoms with E-state index in [0.29, 0.717) is 24.1 Å². The third-order valence-corrected chi connectivity index (χ3v) is 5.34. The van der Waals surface area contributed by atoms with Gasteiger partial charge in [-0.05, 0) is 35.7 Å². The second-order valence-corrected chi connectivity index (χ2v) is 6.95. The molecule has 136 valence electrons. The zero-order valence-electron chi connectivity index (χ0n) is 15.2. The molecule has 28 heavy (non-hydrogen) atoms. The van der Waals surface area contributed by atoms with Gasteiger partial charge in [0.25, 0.3) is 11.8 Å². The Morgan fingerprint density at radius 3 is 2.04 bits per heavy atom. The number of fused-ring (bicyclic) bond motifs is 2. The number of nitrogens with zero attached hydrogens (tertiary/aromatic N) is 1. The number of aromatic nitrogens is 1. The van der Waals surface area contributed by atoms with E-state index in [1.807, 2.05) is 36.4 Å². The second-order valence-electron chi connectivity index (χ2n) is 6.95. The number of carbonyl (C=O) groups excluding carboxylic acids is 2. The third-order valence-electron chi connectivity index (χ3n) is 5.34. The largest absolute Gasteiger partial charge is 0.354 e. The number of rotatable bonds is 4. The van der Waals surface area contributed by atoms with Gasteiger partial charge in [0.05, 0.1) is 11.1 Å². The van der Waals surface area contributed by atoms with Gasteiger partial charge in [0, 0.05) is 23.1 Å². The van der Waals surface area contributed by atoms with E-state index in [9.17, 15) is 9.59 Å². The van der Waals surface area contributed by atoms with Crippen molar-refractivity contribution in [1.29, 1.82) is 0 Å². The molecule has 0 radical (unpaired) electrons. The van der Waals surface area contributed by atoms with E-state index in [1.54, 1.807) is 24.3 Å². The second kappa shape index (κ2) is 6.50. The molecule has 0 spiro atoms. The summed E-state index contributed by atoms with van der Waals surface area (Å²) in [5, 5.41) is 1.12. The molecule has 5 rings (SSSR count). The molecule has 4 heteroatoms. The fourth-order valence-corrected chi connectivity index (χ4v) is 3.98. The standard InChI is InChI=1S/C24H18N2O2/c27-23-19-11-4-5-12-20(19)24(28)26(23)15-14-18-17-10-6-7-13-21(17)25-22(18)16-8-2-1-3-9-16/h1-13,25H,14-15H2. The zero-order chi connectivity index (χ0) is 19.1. The van der Waals surface area contributed by atoms with Gasteiger partial charge >= 0.3 is 0 Å². The van der Waals surface area contributed by atoms with Crippen molar-refractivity contribution < 1.29 is 9.59 Å². The molecule has 1 aliphatic rings. The predicted molar refractivity (Wildman–Crippen MR) is 109 cm³/mol. The summed E-state index contributed by atoms with van der Waals surface area (Å²) in [6.45, 7) is 0.355. The van der Waals surface area contributed by atoms with Crippen LogP contribution in [0.25, 0.3) is 22.2 Å². The van der Waals surface area contributed by atoms with E-state index >= 15 is 0 Å². The number of H-pyrrole nitrogens is 1. The van der Waals surface area contributed by atoms with Gasteiger partial charge < -0.3 is 4.98 Å². The average molecular weight is 366 g/mol. The maximum Gasteiger partial charge on any atom is 0.261 e. The maximum atomic E-state index is 12.7. The van der Waals surface area contributed by atoms with Crippen LogP contribution in [0.1, 0.15) is 26.3 Å². The summed E-state index contributed by atoms with van der Waals surface area (Å²) in [4.78, 5) is 30.2. The van der Waals surface area contributed by atoms with Crippen molar-refractivity contribution in [3.63, 3.8) is 0 Å². The fourth-order valence-electron chi connectivity index (χ4n) is 3.98. The number of imide groups is 1. The first-order chi connectivity index (χ1) is 13.7. The van der Waals surface area contributed by atoms with Gasteiger partial charge in [-0.2, -0.15) is 0 Å². The molecule has 2 amide bonds. The van der Waals surface area contributed by atoms with Crippen LogP contribution in [-0.2, 0) is 6.42 Å². The summed E-state index contributed by atoms with van der Waals surface area (Å²) in [6, 6.07) is 25.3. The van der Waals surface area contributed by atoms with E-state index in [-0.39, 0.29) is 11.8 Å². The van der Waals surface area contributed by atoms with Gasteiger partial charge in [-0.25, -0.2) is 0 Å². The van der Waals surface area contributed by atoms with E-state index in [1.165, 1.54) is 4.90 Å². The minimum Gasteiger partial charge on any atom is -0.354 e. The lowest BCUT2D eigenvalue weighted by atomic mass is 10.0. The molecule has 0 saturated heterocycles. The maximum absolute atomic E-state index is 12.7. The summed E-state index contributed by atoms with van der Waals surface area (Å²) < 4.78 is 0. The van der Waals surface area contributed by atoms with Crippen LogP contribution >= 0.6 is 0 Å². The van der Waals surface area contributed by atoms with Gasteiger partial charge in [-0.1, -0.05) is 60.7 Å². The van der Waals surface area contributed by atoms with Gasteiger partial charge in [-0.15, -0.1) is 0 Å². The van der Waals surface area contributed by atoms with Crippen LogP contribution in [0.3, 0.4) is 0 Å². The number of para-hydroxylation sites is 1. The minimum atomic E-state index is -0.207. The summed E-state index contributed by atoms with van der Waals surface area (Å²) in [7, 11) is 0. The van der Waals surface area contributed by atoms with Crippen LogP contribution in [0.2, 0.25) is 0 Å². The van der Waals surface area contributed by atoms with Gasteiger partial charge in [0.2, 0.25) is 0 Å². The number of aromatic amines is 1. The van der Waals surface area contributed by atoms with Crippen molar-refractivity contribution >= 4 is 22.7 Å². The van der Waals surface area contributed by atoms with E-state index < -0.39 is 0 Å².